The molecule has 154 valence electrons. The number of benzene rings is 2. The number of rotatable bonds is 5. The van der Waals surface area contributed by atoms with Crippen LogP contribution in [-0.4, -0.2) is 42.4 Å². The third-order valence-electron chi connectivity index (χ3n) is 4.60. The first-order chi connectivity index (χ1) is 13.8. The summed E-state index contributed by atoms with van der Waals surface area (Å²) >= 11 is 4.57. The van der Waals surface area contributed by atoms with Crippen LogP contribution in [0.1, 0.15) is 11.1 Å². The summed E-state index contributed by atoms with van der Waals surface area (Å²) in [6.07, 6.45) is 1.09. The van der Waals surface area contributed by atoms with E-state index in [-0.39, 0.29) is 28.5 Å². The average molecular weight is 425 g/mol. The molecule has 5 nitrogen and oxygen atoms in total. The first-order valence-electron chi connectivity index (χ1n) is 8.83. The SMILES string of the molecule is NC(=S)NN=Cc1cc(F)c(N2CCN(Cc3c(F)cccc3F)CC2)cc1F. The van der Waals surface area contributed by atoms with Gasteiger partial charge in [0.15, 0.2) is 5.11 Å². The lowest BCUT2D eigenvalue weighted by atomic mass is 10.1. The third-order valence-corrected chi connectivity index (χ3v) is 4.69. The maximum absolute atomic E-state index is 14.5. The van der Waals surface area contributed by atoms with Crippen molar-refractivity contribution in [1.82, 2.24) is 10.3 Å². The standard InChI is InChI=1S/C19H19F4N5S/c20-14-2-1-3-15(21)13(14)11-27-4-6-28(7-5-27)18-9-16(22)12(8-17(18)23)10-25-26-19(24)29/h1-3,8-10H,4-7,11H2,(H3,24,26,29). The Morgan fingerprint density at radius 1 is 1.03 bits per heavy atom. The van der Waals surface area contributed by atoms with Crippen molar-refractivity contribution in [2.24, 2.45) is 10.8 Å². The Morgan fingerprint density at radius 3 is 2.31 bits per heavy atom. The lowest BCUT2D eigenvalue weighted by molar-refractivity contribution is 0.242. The van der Waals surface area contributed by atoms with Gasteiger partial charge in [0.25, 0.3) is 0 Å². The van der Waals surface area contributed by atoms with Gasteiger partial charge in [-0.1, -0.05) is 6.07 Å². The van der Waals surface area contributed by atoms with Crippen molar-refractivity contribution in [3.05, 3.63) is 64.7 Å². The number of thiocarbonyl (C=S) groups is 1. The van der Waals surface area contributed by atoms with E-state index in [1.165, 1.54) is 18.2 Å². The monoisotopic (exact) mass is 425 g/mol. The third kappa shape index (κ3) is 5.21. The summed E-state index contributed by atoms with van der Waals surface area (Å²) in [5.74, 6) is -2.44. The van der Waals surface area contributed by atoms with Gasteiger partial charge in [-0.2, -0.15) is 5.10 Å². The number of piperazine rings is 1. The molecule has 29 heavy (non-hydrogen) atoms. The largest absolute Gasteiger partial charge is 0.375 e. The Labute approximate surface area is 170 Å². The Kier molecular flexibility index (Phi) is 6.65. The van der Waals surface area contributed by atoms with Gasteiger partial charge in [-0.25, -0.2) is 17.6 Å². The van der Waals surface area contributed by atoms with Gasteiger partial charge in [0, 0.05) is 49.9 Å². The zero-order valence-electron chi connectivity index (χ0n) is 15.3. The molecule has 3 rings (SSSR count). The van der Waals surface area contributed by atoms with Crippen molar-refractivity contribution in [2.75, 3.05) is 31.1 Å². The van der Waals surface area contributed by atoms with E-state index in [1.54, 1.807) is 4.90 Å². The number of anilines is 1. The van der Waals surface area contributed by atoms with Crippen molar-refractivity contribution in [3.8, 4) is 0 Å². The number of hydrogen-bond acceptors (Lipinski definition) is 4. The van der Waals surface area contributed by atoms with Crippen LogP contribution in [0.5, 0.6) is 0 Å². The van der Waals surface area contributed by atoms with E-state index in [4.69, 9.17) is 5.73 Å². The van der Waals surface area contributed by atoms with Crippen molar-refractivity contribution >= 4 is 29.2 Å². The molecule has 1 aliphatic rings. The van der Waals surface area contributed by atoms with Crippen molar-refractivity contribution in [1.29, 1.82) is 0 Å². The van der Waals surface area contributed by atoms with Gasteiger partial charge in [-0.15, -0.1) is 0 Å². The highest BCUT2D eigenvalue weighted by Crippen LogP contribution is 2.25. The molecule has 0 atom stereocenters. The molecule has 0 saturated carbocycles. The van der Waals surface area contributed by atoms with E-state index >= 15 is 0 Å². The van der Waals surface area contributed by atoms with E-state index in [1.807, 2.05) is 4.90 Å². The molecule has 2 aromatic rings. The molecule has 1 aliphatic heterocycles. The second-order valence-corrected chi connectivity index (χ2v) is 6.96. The number of hydrazone groups is 1. The lowest BCUT2D eigenvalue weighted by Gasteiger charge is -2.36. The number of nitrogens with two attached hydrogens (primary N) is 1. The van der Waals surface area contributed by atoms with Crippen LogP contribution in [0.25, 0.3) is 0 Å². The van der Waals surface area contributed by atoms with Gasteiger partial charge >= 0.3 is 0 Å². The first kappa shape index (κ1) is 21.0. The topological polar surface area (TPSA) is 56.9 Å². The first-order valence-corrected chi connectivity index (χ1v) is 9.23. The Balaban J connectivity index is 1.65. The van der Waals surface area contributed by atoms with E-state index in [0.717, 1.165) is 18.3 Å². The zero-order chi connectivity index (χ0) is 21.0. The lowest BCUT2D eigenvalue weighted by Crippen LogP contribution is -2.46. The molecule has 0 aliphatic carbocycles. The quantitative estimate of drug-likeness (QED) is 0.334. The minimum Gasteiger partial charge on any atom is -0.375 e. The maximum Gasteiger partial charge on any atom is 0.184 e. The summed E-state index contributed by atoms with van der Waals surface area (Å²) in [6.45, 7) is 1.81. The van der Waals surface area contributed by atoms with E-state index in [9.17, 15) is 17.6 Å². The van der Waals surface area contributed by atoms with Crippen LogP contribution in [0.3, 0.4) is 0 Å². The molecule has 0 aromatic heterocycles. The fourth-order valence-corrected chi connectivity index (χ4v) is 3.17. The molecule has 10 heteroatoms. The highest BCUT2D eigenvalue weighted by Gasteiger charge is 2.22. The van der Waals surface area contributed by atoms with E-state index in [0.29, 0.717) is 26.2 Å². The predicted molar refractivity (Wildman–Crippen MR) is 108 cm³/mol. The second kappa shape index (κ2) is 9.19. The van der Waals surface area contributed by atoms with Crippen LogP contribution < -0.4 is 16.1 Å². The Morgan fingerprint density at radius 2 is 1.69 bits per heavy atom. The van der Waals surface area contributed by atoms with Crippen molar-refractivity contribution in [2.45, 2.75) is 6.54 Å². The molecular formula is C19H19F4N5S. The summed E-state index contributed by atoms with van der Waals surface area (Å²) in [5.41, 5.74) is 7.56. The fraction of sp³-hybridized carbons (Fsp3) is 0.263. The molecule has 0 bridgehead atoms. The predicted octanol–water partition coefficient (Wildman–Crippen LogP) is 2.73. The molecule has 1 saturated heterocycles. The number of hydrogen-bond donors (Lipinski definition) is 2. The molecule has 0 unspecified atom stereocenters. The number of nitrogens with one attached hydrogen (secondary N) is 1. The zero-order valence-corrected chi connectivity index (χ0v) is 16.2. The van der Waals surface area contributed by atoms with Gasteiger partial charge in [-0.3, -0.25) is 10.3 Å². The number of halogens is 4. The summed E-state index contributed by atoms with van der Waals surface area (Å²) in [5, 5.41) is 3.53. The molecule has 0 spiro atoms. The molecular weight excluding hydrogens is 406 g/mol. The smallest absolute Gasteiger partial charge is 0.184 e. The van der Waals surface area contributed by atoms with Crippen LogP contribution in [0.2, 0.25) is 0 Å². The van der Waals surface area contributed by atoms with Gasteiger partial charge in [0.1, 0.15) is 23.3 Å². The van der Waals surface area contributed by atoms with E-state index < -0.39 is 23.3 Å². The molecule has 2 aromatic carbocycles. The summed E-state index contributed by atoms with van der Waals surface area (Å²) in [6, 6.07) is 5.89. The molecule has 3 N–H and O–H groups in total. The van der Waals surface area contributed by atoms with Gasteiger partial charge in [0.05, 0.1) is 11.9 Å². The molecule has 0 amide bonds. The normalized spacial score (nSPS) is 15.1. The highest BCUT2D eigenvalue weighted by atomic mass is 32.1. The van der Waals surface area contributed by atoms with Gasteiger partial charge in [0.2, 0.25) is 0 Å². The minimum atomic E-state index is -0.647. The van der Waals surface area contributed by atoms with Gasteiger partial charge < -0.3 is 10.6 Å². The van der Waals surface area contributed by atoms with Crippen LogP contribution in [0, 0.1) is 23.3 Å². The average Bonchev–Trinajstić information content (AvgIpc) is 2.67. The van der Waals surface area contributed by atoms with Gasteiger partial charge in [-0.05, 0) is 30.4 Å². The van der Waals surface area contributed by atoms with Crippen LogP contribution in [0.15, 0.2) is 35.4 Å². The Bertz CT molecular complexity index is 909. The summed E-state index contributed by atoms with van der Waals surface area (Å²) in [7, 11) is 0. The van der Waals surface area contributed by atoms with Crippen LogP contribution in [0.4, 0.5) is 23.2 Å². The number of nitrogens with zero attached hydrogens (tertiary/aromatic N) is 3. The van der Waals surface area contributed by atoms with E-state index in [2.05, 4.69) is 22.7 Å². The second-order valence-electron chi connectivity index (χ2n) is 6.52. The highest BCUT2D eigenvalue weighted by molar-refractivity contribution is 7.80. The maximum atomic E-state index is 14.5. The fourth-order valence-electron chi connectivity index (χ4n) is 3.11. The van der Waals surface area contributed by atoms with Crippen molar-refractivity contribution in [3.63, 3.8) is 0 Å². The Hall–Kier alpha value is -2.72. The van der Waals surface area contributed by atoms with Crippen molar-refractivity contribution < 1.29 is 17.6 Å². The molecule has 0 radical (unpaired) electrons. The molecule has 1 fully saturated rings. The van der Waals surface area contributed by atoms with Crippen LogP contribution >= 0.6 is 12.2 Å². The summed E-state index contributed by atoms with van der Waals surface area (Å²) < 4.78 is 56.4. The minimum absolute atomic E-state index is 0.00684. The molecule has 1 heterocycles. The van der Waals surface area contributed by atoms with Crippen LogP contribution in [-0.2, 0) is 6.54 Å². The summed E-state index contributed by atoms with van der Waals surface area (Å²) in [4.78, 5) is 3.56.